The van der Waals surface area contributed by atoms with Gasteiger partial charge in [-0.05, 0) is 30.5 Å². The van der Waals surface area contributed by atoms with E-state index in [0.29, 0.717) is 23.3 Å². The van der Waals surface area contributed by atoms with Crippen LogP contribution in [-0.4, -0.2) is 11.1 Å². The molecule has 0 amide bonds. The molecule has 0 aliphatic heterocycles. The van der Waals surface area contributed by atoms with E-state index in [1.807, 2.05) is 12.1 Å². The minimum absolute atomic E-state index is 0.0124. The number of nitrogens with one attached hydrogen (secondary N) is 1. The van der Waals surface area contributed by atoms with E-state index in [2.05, 4.69) is 17.5 Å². The summed E-state index contributed by atoms with van der Waals surface area (Å²) in [7, 11) is 0. The number of furan rings is 1. The molecule has 1 fully saturated rings. The molecule has 1 saturated carbocycles. The SMILES string of the molecule is C[C@@H]1C[C@@H]1c1ccc(/C=N\Nc2ccccc2[N+](=O)[O-])o1. The first-order valence-corrected chi connectivity index (χ1v) is 6.77. The zero-order valence-corrected chi connectivity index (χ0v) is 11.5. The summed E-state index contributed by atoms with van der Waals surface area (Å²) in [6, 6.07) is 10.2. The number of nitrogens with zero attached hydrogens (tertiary/aromatic N) is 2. The van der Waals surface area contributed by atoms with Gasteiger partial charge in [-0.3, -0.25) is 15.5 Å². The maximum absolute atomic E-state index is 10.9. The zero-order valence-electron chi connectivity index (χ0n) is 11.5. The average Bonchev–Trinajstić information content (AvgIpc) is 3.01. The van der Waals surface area contributed by atoms with Gasteiger partial charge < -0.3 is 4.42 Å². The lowest BCUT2D eigenvalue weighted by Gasteiger charge is -2.00. The molecule has 2 atom stereocenters. The predicted molar refractivity (Wildman–Crippen MR) is 79.5 cm³/mol. The Morgan fingerprint density at radius 3 is 2.86 bits per heavy atom. The number of nitro benzene ring substituents is 1. The number of nitro groups is 1. The molecule has 1 aliphatic carbocycles. The summed E-state index contributed by atoms with van der Waals surface area (Å²) in [6.07, 6.45) is 2.69. The molecule has 3 rings (SSSR count). The van der Waals surface area contributed by atoms with Crippen molar-refractivity contribution in [2.45, 2.75) is 19.3 Å². The Balaban J connectivity index is 1.67. The van der Waals surface area contributed by atoms with Gasteiger partial charge in [0.2, 0.25) is 0 Å². The van der Waals surface area contributed by atoms with E-state index in [4.69, 9.17) is 4.42 Å². The maximum Gasteiger partial charge on any atom is 0.294 e. The van der Waals surface area contributed by atoms with E-state index < -0.39 is 4.92 Å². The normalized spacial score (nSPS) is 20.6. The number of benzene rings is 1. The molecule has 6 heteroatoms. The minimum Gasteiger partial charge on any atom is -0.460 e. The van der Waals surface area contributed by atoms with Crippen LogP contribution in [0, 0.1) is 16.0 Å². The van der Waals surface area contributed by atoms with Crippen molar-refractivity contribution in [3.63, 3.8) is 0 Å². The van der Waals surface area contributed by atoms with Gasteiger partial charge in [0.25, 0.3) is 5.69 Å². The van der Waals surface area contributed by atoms with Crippen LogP contribution in [0.5, 0.6) is 0 Å². The number of anilines is 1. The second-order valence-electron chi connectivity index (χ2n) is 5.20. The molecule has 0 bridgehead atoms. The molecular weight excluding hydrogens is 270 g/mol. The van der Waals surface area contributed by atoms with E-state index >= 15 is 0 Å². The standard InChI is InChI=1S/C15H15N3O3/c1-10-8-12(10)15-7-6-11(21-15)9-16-17-13-4-2-3-5-14(13)18(19)20/h2-7,9-10,12,17H,8H2,1H3/b16-9-/t10-,12+/m1/s1. The molecule has 1 aliphatic rings. The molecule has 21 heavy (non-hydrogen) atoms. The molecule has 108 valence electrons. The summed E-state index contributed by atoms with van der Waals surface area (Å²) < 4.78 is 5.67. The maximum atomic E-state index is 10.9. The third kappa shape index (κ3) is 2.94. The summed E-state index contributed by atoms with van der Waals surface area (Å²) in [5, 5.41) is 14.9. The molecule has 1 heterocycles. The number of para-hydroxylation sites is 2. The molecule has 0 spiro atoms. The smallest absolute Gasteiger partial charge is 0.294 e. The Hall–Kier alpha value is -2.63. The van der Waals surface area contributed by atoms with Crippen molar-refractivity contribution < 1.29 is 9.34 Å². The number of hydrazone groups is 1. The second-order valence-corrected chi connectivity index (χ2v) is 5.20. The van der Waals surface area contributed by atoms with Gasteiger partial charge in [-0.25, -0.2) is 0 Å². The fourth-order valence-corrected chi connectivity index (χ4v) is 2.25. The highest BCUT2D eigenvalue weighted by Gasteiger charge is 2.36. The number of hydrogen-bond acceptors (Lipinski definition) is 5. The van der Waals surface area contributed by atoms with Crippen LogP contribution in [-0.2, 0) is 0 Å². The van der Waals surface area contributed by atoms with Gasteiger partial charge in [-0.1, -0.05) is 19.1 Å². The van der Waals surface area contributed by atoms with E-state index in [1.54, 1.807) is 18.2 Å². The Morgan fingerprint density at radius 1 is 1.38 bits per heavy atom. The molecule has 6 nitrogen and oxygen atoms in total. The van der Waals surface area contributed by atoms with Crippen LogP contribution in [0.3, 0.4) is 0 Å². The van der Waals surface area contributed by atoms with Crippen LogP contribution in [0.15, 0.2) is 45.9 Å². The zero-order chi connectivity index (χ0) is 14.8. The monoisotopic (exact) mass is 285 g/mol. The van der Waals surface area contributed by atoms with Gasteiger partial charge in [0.1, 0.15) is 17.2 Å². The van der Waals surface area contributed by atoms with Crippen LogP contribution < -0.4 is 5.43 Å². The Kier molecular flexibility index (Phi) is 3.43. The van der Waals surface area contributed by atoms with Gasteiger partial charge in [-0.2, -0.15) is 5.10 Å². The summed E-state index contributed by atoms with van der Waals surface area (Å²) in [4.78, 5) is 10.4. The fourth-order valence-electron chi connectivity index (χ4n) is 2.25. The summed E-state index contributed by atoms with van der Waals surface area (Å²) in [5.74, 6) is 2.83. The Morgan fingerprint density at radius 2 is 2.14 bits per heavy atom. The first-order valence-electron chi connectivity index (χ1n) is 6.77. The van der Waals surface area contributed by atoms with Crippen molar-refractivity contribution in [1.82, 2.24) is 0 Å². The van der Waals surface area contributed by atoms with Crippen molar-refractivity contribution in [3.05, 3.63) is 58.0 Å². The Bertz CT molecular complexity index is 693. The van der Waals surface area contributed by atoms with Crippen molar-refractivity contribution in [2.75, 3.05) is 5.43 Å². The van der Waals surface area contributed by atoms with Crippen molar-refractivity contribution in [3.8, 4) is 0 Å². The topological polar surface area (TPSA) is 80.7 Å². The predicted octanol–water partition coefficient (Wildman–Crippen LogP) is 3.76. The lowest BCUT2D eigenvalue weighted by molar-refractivity contribution is -0.384. The summed E-state index contributed by atoms with van der Waals surface area (Å²) in [6.45, 7) is 2.19. The molecule has 2 aromatic rings. The van der Waals surface area contributed by atoms with Gasteiger partial charge in [0.15, 0.2) is 0 Å². The lowest BCUT2D eigenvalue weighted by atomic mass is 10.3. The highest BCUT2D eigenvalue weighted by molar-refractivity contribution is 5.77. The van der Waals surface area contributed by atoms with Gasteiger partial charge in [0, 0.05) is 12.0 Å². The third-order valence-corrected chi connectivity index (χ3v) is 3.60. The summed E-state index contributed by atoms with van der Waals surface area (Å²) in [5.41, 5.74) is 3.01. The largest absolute Gasteiger partial charge is 0.460 e. The minimum atomic E-state index is -0.447. The molecule has 1 N–H and O–H groups in total. The third-order valence-electron chi connectivity index (χ3n) is 3.60. The van der Waals surface area contributed by atoms with E-state index in [0.717, 1.165) is 5.76 Å². The Labute approximate surface area is 121 Å². The fraction of sp³-hybridized carbons (Fsp3) is 0.267. The van der Waals surface area contributed by atoms with Crippen molar-refractivity contribution >= 4 is 17.6 Å². The van der Waals surface area contributed by atoms with E-state index in [1.165, 1.54) is 18.7 Å². The molecule has 1 aromatic heterocycles. The van der Waals surface area contributed by atoms with Gasteiger partial charge >= 0.3 is 0 Å². The van der Waals surface area contributed by atoms with Crippen LogP contribution in [0.4, 0.5) is 11.4 Å². The van der Waals surface area contributed by atoms with Gasteiger partial charge in [0.05, 0.1) is 11.1 Å². The molecular formula is C15H15N3O3. The first-order chi connectivity index (χ1) is 10.1. The number of rotatable bonds is 5. The van der Waals surface area contributed by atoms with Crippen LogP contribution in [0.1, 0.15) is 30.8 Å². The van der Waals surface area contributed by atoms with Crippen LogP contribution in [0.2, 0.25) is 0 Å². The van der Waals surface area contributed by atoms with E-state index in [9.17, 15) is 10.1 Å². The molecule has 0 saturated heterocycles. The quantitative estimate of drug-likeness (QED) is 0.515. The van der Waals surface area contributed by atoms with E-state index in [-0.39, 0.29) is 5.69 Å². The first kappa shape index (κ1) is 13.4. The van der Waals surface area contributed by atoms with Crippen molar-refractivity contribution in [2.24, 2.45) is 11.0 Å². The molecule has 0 radical (unpaired) electrons. The number of hydrogen-bond donors (Lipinski definition) is 1. The second kappa shape index (κ2) is 5.40. The van der Waals surface area contributed by atoms with Crippen molar-refractivity contribution in [1.29, 1.82) is 0 Å². The lowest BCUT2D eigenvalue weighted by Crippen LogP contribution is -1.96. The highest BCUT2D eigenvalue weighted by Crippen LogP contribution is 2.47. The highest BCUT2D eigenvalue weighted by atomic mass is 16.6. The summed E-state index contributed by atoms with van der Waals surface area (Å²) >= 11 is 0. The molecule has 1 aromatic carbocycles. The van der Waals surface area contributed by atoms with Crippen LogP contribution in [0.25, 0.3) is 0 Å². The average molecular weight is 285 g/mol. The van der Waals surface area contributed by atoms with Gasteiger partial charge in [-0.15, -0.1) is 0 Å². The van der Waals surface area contributed by atoms with Crippen LogP contribution >= 0.6 is 0 Å². The molecule has 0 unspecified atom stereocenters.